The van der Waals surface area contributed by atoms with Crippen LogP contribution in [0.15, 0.2) is 53.1 Å². The zero-order valence-corrected chi connectivity index (χ0v) is 15.2. The molecule has 0 fully saturated rings. The largest absolute Gasteiger partial charge is 0.496 e. The molecule has 0 unspecified atom stereocenters. The van der Waals surface area contributed by atoms with Gasteiger partial charge in [-0.3, -0.25) is 9.59 Å². The van der Waals surface area contributed by atoms with E-state index in [0.717, 1.165) is 5.56 Å². The summed E-state index contributed by atoms with van der Waals surface area (Å²) in [5.74, 6) is 0.380. The molecule has 0 saturated heterocycles. The molecule has 1 heterocycles. The number of ether oxygens (including phenoxy) is 1. The molecule has 1 aromatic heterocycles. The predicted octanol–water partition coefficient (Wildman–Crippen LogP) is 3.27. The Hall–Kier alpha value is -3.61. The highest BCUT2D eigenvalue weighted by atomic mass is 16.5. The lowest BCUT2D eigenvalue weighted by molar-refractivity contribution is 0.0961. The molecule has 3 aromatic rings. The number of amides is 2. The molecule has 0 aliphatic rings. The number of benzene rings is 2. The van der Waals surface area contributed by atoms with E-state index in [2.05, 4.69) is 15.8 Å². The van der Waals surface area contributed by atoms with Crippen molar-refractivity contribution in [3.8, 4) is 17.1 Å². The van der Waals surface area contributed by atoms with E-state index in [-0.39, 0.29) is 11.6 Å². The van der Waals surface area contributed by atoms with E-state index in [1.54, 1.807) is 44.5 Å². The Morgan fingerprint density at radius 1 is 1.07 bits per heavy atom. The summed E-state index contributed by atoms with van der Waals surface area (Å²) in [7, 11) is 3.11. The summed E-state index contributed by atoms with van der Waals surface area (Å²) in [6.45, 7) is 1.84. The lowest BCUT2D eigenvalue weighted by atomic mass is 10.1. The van der Waals surface area contributed by atoms with Gasteiger partial charge in [-0.25, -0.2) is 0 Å². The van der Waals surface area contributed by atoms with Gasteiger partial charge in [0, 0.05) is 24.4 Å². The number of carbonyl (C=O) groups excluding carboxylic acids is 2. The summed E-state index contributed by atoms with van der Waals surface area (Å²) in [6.07, 6.45) is 0. The first-order valence-corrected chi connectivity index (χ1v) is 8.27. The lowest BCUT2D eigenvalue weighted by Crippen LogP contribution is -2.19. The van der Waals surface area contributed by atoms with Crippen LogP contribution in [0, 0.1) is 6.92 Å². The number of carbonyl (C=O) groups is 2. The molecule has 7 heteroatoms. The molecule has 0 bridgehead atoms. The first-order valence-electron chi connectivity index (χ1n) is 8.27. The molecule has 27 heavy (non-hydrogen) atoms. The third-order valence-corrected chi connectivity index (χ3v) is 4.09. The molecule has 138 valence electrons. The minimum absolute atomic E-state index is 0.126. The number of para-hydroxylation sites is 1. The van der Waals surface area contributed by atoms with Gasteiger partial charge < -0.3 is 19.9 Å². The average Bonchev–Trinajstić information content (AvgIpc) is 3.19. The Bertz CT molecular complexity index is 994. The molecule has 0 atom stereocenters. The number of methoxy groups -OCH3 is 1. The highest BCUT2D eigenvalue weighted by Crippen LogP contribution is 2.30. The van der Waals surface area contributed by atoms with Crippen LogP contribution in [0.3, 0.4) is 0 Å². The summed E-state index contributed by atoms with van der Waals surface area (Å²) < 4.78 is 10.6. The number of aryl methyl sites for hydroxylation is 1. The predicted molar refractivity (Wildman–Crippen MR) is 101 cm³/mol. The molecule has 0 saturated carbocycles. The average molecular weight is 365 g/mol. The fourth-order valence-corrected chi connectivity index (χ4v) is 2.59. The van der Waals surface area contributed by atoms with E-state index < -0.39 is 5.91 Å². The first kappa shape index (κ1) is 18.2. The maximum Gasteiger partial charge on any atom is 0.277 e. The van der Waals surface area contributed by atoms with Crippen LogP contribution in [0.2, 0.25) is 0 Å². The van der Waals surface area contributed by atoms with Crippen molar-refractivity contribution in [2.75, 3.05) is 19.5 Å². The van der Waals surface area contributed by atoms with Crippen molar-refractivity contribution in [1.29, 1.82) is 0 Å². The molecule has 0 aliphatic carbocycles. The van der Waals surface area contributed by atoms with Gasteiger partial charge in [0.05, 0.1) is 12.7 Å². The second kappa shape index (κ2) is 7.74. The third-order valence-electron chi connectivity index (χ3n) is 4.09. The van der Waals surface area contributed by atoms with Gasteiger partial charge in [0.25, 0.3) is 11.8 Å². The van der Waals surface area contributed by atoms with Gasteiger partial charge >= 0.3 is 0 Å². The van der Waals surface area contributed by atoms with Crippen molar-refractivity contribution < 1.29 is 18.8 Å². The topological polar surface area (TPSA) is 93.5 Å². The minimum atomic E-state index is -0.433. The summed E-state index contributed by atoms with van der Waals surface area (Å²) in [6, 6.07) is 13.9. The molecule has 3 rings (SSSR count). The maximum absolute atomic E-state index is 12.6. The lowest BCUT2D eigenvalue weighted by Gasteiger charge is -2.09. The molecular weight excluding hydrogens is 346 g/mol. The van der Waals surface area contributed by atoms with Gasteiger partial charge in [0.15, 0.2) is 11.5 Å². The number of hydrogen-bond donors (Lipinski definition) is 2. The van der Waals surface area contributed by atoms with Crippen LogP contribution in [-0.2, 0) is 0 Å². The van der Waals surface area contributed by atoms with Crippen LogP contribution >= 0.6 is 0 Å². The van der Waals surface area contributed by atoms with E-state index >= 15 is 0 Å². The molecule has 2 amide bonds. The van der Waals surface area contributed by atoms with E-state index in [4.69, 9.17) is 9.26 Å². The van der Waals surface area contributed by atoms with Crippen LogP contribution in [0.5, 0.6) is 5.75 Å². The van der Waals surface area contributed by atoms with Crippen molar-refractivity contribution >= 4 is 17.5 Å². The van der Waals surface area contributed by atoms with Crippen molar-refractivity contribution in [3.63, 3.8) is 0 Å². The van der Waals surface area contributed by atoms with Crippen LogP contribution in [0.1, 0.15) is 26.4 Å². The van der Waals surface area contributed by atoms with Crippen LogP contribution < -0.4 is 15.4 Å². The summed E-state index contributed by atoms with van der Waals surface area (Å²) in [4.78, 5) is 24.3. The number of aromatic nitrogens is 1. The fourth-order valence-electron chi connectivity index (χ4n) is 2.59. The Balaban J connectivity index is 1.84. The Kier molecular flexibility index (Phi) is 5.21. The standard InChI is InChI=1S/C20H19N3O4/c1-12-8-9-13(19(24)21-2)10-15(12)22-20(25)16-11-18(27-23-16)14-6-4-5-7-17(14)26-3/h4-11H,1-3H3,(H,21,24)(H,22,25). The highest BCUT2D eigenvalue weighted by Gasteiger charge is 2.17. The minimum Gasteiger partial charge on any atom is -0.496 e. The zero-order valence-electron chi connectivity index (χ0n) is 15.2. The van der Waals surface area contributed by atoms with Gasteiger partial charge in [-0.1, -0.05) is 23.4 Å². The zero-order chi connectivity index (χ0) is 19.4. The van der Waals surface area contributed by atoms with Crippen LogP contribution in [0.25, 0.3) is 11.3 Å². The maximum atomic E-state index is 12.6. The van der Waals surface area contributed by atoms with Crippen LogP contribution in [-0.4, -0.2) is 31.1 Å². The molecule has 0 radical (unpaired) electrons. The normalized spacial score (nSPS) is 10.3. The summed E-state index contributed by atoms with van der Waals surface area (Å²) in [5, 5.41) is 9.17. The van der Waals surface area contributed by atoms with Gasteiger partial charge in [-0.2, -0.15) is 0 Å². The number of anilines is 1. The molecule has 0 spiro atoms. The molecular formula is C20H19N3O4. The first-order chi connectivity index (χ1) is 13.0. The number of nitrogens with zero attached hydrogens (tertiary/aromatic N) is 1. The molecule has 7 nitrogen and oxygen atoms in total. The molecule has 2 aromatic carbocycles. The van der Waals surface area contributed by atoms with E-state index in [1.807, 2.05) is 25.1 Å². The summed E-state index contributed by atoms with van der Waals surface area (Å²) >= 11 is 0. The Labute approximate surface area is 156 Å². The van der Waals surface area contributed by atoms with E-state index in [9.17, 15) is 9.59 Å². The van der Waals surface area contributed by atoms with E-state index in [1.165, 1.54) is 0 Å². The second-order valence-electron chi connectivity index (χ2n) is 5.84. The third kappa shape index (κ3) is 3.82. The second-order valence-corrected chi connectivity index (χ2v) is 5.84. The Morgan fingerprint density at radius 3 is 2.59 bits per heavy atom. The number of nitrogens with one attached hydrogen (secondary N) is 2. The van der Waals surface area contributed by atoms with Gasteiger partial charge in [0.1, 0.15) is 5.75 Å². The quantitative estimate of drug-likeness (QED) is 0.724. The van der Waals surface area contributed by atoms with Gasteiger partial charge in [0.2, 0.25) is 0 Å². The Morgan fingerprint density at radius 2 is 1.85 bits per heavy atom. The fraction of sp³-hybridized carbons (Fsp3) is 0.150. The van der Waals surface area contributed by atoms with Crippen molar-refractivity contribution in [1.82, 2.24) is 10.5 Å². The van der Waals surface area contributed by atoms with Gasteiger partial charge in [-0.05, 0) is 36.8 Å². The monoisotopic (exact) mass is 365 g/mol. The smallest absolute Gasteiger partial charge is 0.277 e. The number of rotatable bonds is 5. The number of hydrogen-bond acceptors (Lipinski definition) is 5. The van der Waals surface area contributed by atoms with Gasteiger partial charge in [-0.15, -0.1) is 0 Å². The van der Waals surface area contributed by atoms with Crippen molar-refractivity contribution in [3.05, 3.63) is 65.4 Å². The molecule has 0 aliphatic heterocycles. The van der Waals surface area contributed by atoms with Crippen molar-refractivity contribution in [2.24, 2.45) is 0 Å². The SMILES string of the molecule is CNC(=O)c1ccc(C)c(NC(=O)c2cc(-c3ccccc3OC)on2)c1. The molecule has 2 N–H and O–H groups in total. The van der Waals surface area contributed by atoms with Crippen molar-refractivity contribution in [2.45, 2.75) is 6.92 Å². The van der Waals surface area contributed by atoms with Crippen LogP contribution in [0.4, 0.5) is 5.69 Å². The summed E-state index contributed by atoms with van der Waals surface area (Å²) in [5.41, 5.74) is 2.63. The highest BCUT2D eigenvalue weighted by molar-refractivity contribution is 6.04. The van der Waals surface area contributed by atoms with E-state index in [0.29, 0.717) is 28.3 Å².